The topological polar surface area (TPSA) is 87.8 Å². The molecule has 0 radical (unpaired) electrons. The zero-order valence-electron chi connectivity index (χ0n) is 8.96. The van der Waals surface area contributed by atoms with E-state index in [-0.39, 0.29) is 17.9 Å². The Morgan fingerprint density at radius 3 is 2.94 bits per heavy atom. The molecule has 0 fully saturated rings. The number of fused-ring (bicyclic) bond motifs is 1. The highest BCUT2D eigenvalue weighted by atomic mass is 16.5. The van der Waals surface area contributed by atoms with Gasteiger partial charge in [0.2, 0.25) is 0 Å². The minimum atomic E-state index is -0.488. The van der Waals surface area contributed by atoms with E-state index in [2.05, 4.69) is 15.0 Å². The van der Waals surface area contributed by atoms with Crippen molar-refractivity contribution in [3.63, 3.8) is 0 Å². The first-order chi connectivity index (χ1) is 7.61. The number of esters is 1. The maximum atomic E-state index is 11.5. The van der Waals surface area contributed by atoms with Crippen LogP contribution in [0.15, 0.2) is 10.9 Å². The highest BCUT2D eigenvalue weighted by Crippen LogP contribution is 2.09. The summed E-state index contributed by atoms with van der Waals surface area (Å²) >= 11 is 0. The number of hydrogen-bond donors (Lipinski definition) is 2. The predicted molar refractivity (Wildman–Crippen MR) is 57.4 cm³/mol. The fourth-order valence-corrected chi connectivity index (χ4v) is 1.45. The van der Waals surface area contributed by atoms with Crippen molar-refractivity contribution < 1.29 is 9.53 Å². The molecule has 0 aliphatic rings. The Kier molecular flexibility index (Phi) is 2.47. The van der Waals surface area contributed by atoms with Gasteiger partial charge in [0.05, 0.1) is 12.0 Å². The lowest BCUT2D eigenvalue weighted by Gasteiger charge is -1.96. The second kappa shape index (κ2) is 3.80. The second-order valence-corrected chi connectivity index (χ2v) is 3.32. The maximum absolute atomic E-state index is 11.5. The molecule has 16 heavy (non-hydrogen) atoms. The number of rotatable bonds is 2. The summed E-state index contributed by atoms with van der Waals surface area (Å²) in [5, 5.41) is 0.355. The summed E-state index contributed by atoms with van der Waals surface area (Å²) < 4.78 is 4.82. The summed E-state index contributed by atoms with van der Waals surface area (Å²) in [7, 11) is 0. The van der Waals surface area contributed by atoms with Crippen molar-refractivity contribution in [2.75, 3.05) is 6.61 Å². The number of carbonyl (C=O) groups excluding carboxylic acids is 1. The molecule has 0 aliphatic heterocycles. The standard InChI is InChI=1S/C10H11N3O3/c1-3-16-10(15)7-4-6-8(13-7)11-5(2)12-9(6)14/h4H,3H2,1-2H3,(H2,11,12,13,14). The van der Waals surface area contributed by atoms with Crippen molar-refractivity contribution in [1.29, 1.82) is 0 Å². The average molecular weight is 221 g/mol. The maximum Gasteiger partial charge on any atom is 0.354 e. The van der Waals surface area contributed by atoms with Crippen LogP contribution < -0.4 is 5.56 Å². The molecule has 2 aromatic rings. The van der Waals surface area contributed by atoms with Crippen LogP contribution in [0.2, 0.25) is 0 Å². The third kappa shape index (κ3) is 1.69. The van der Waals surface area contributed by atoms with E-state index < -0.39 is 5.97 Å². The second-order valence-electron chi connectivity index (χ2n) is 3.32. The summed E-state index contributed by atoms with van der Waals surface area (Å²) in [6, 6.07) is 1.44. The molecule has 0 aromatic carbocycles. The molecule has 2 heterocycles. The van der Waals surface area contributed by atoms with E-state index in [1.54, 1.807) is 13.8 Å². The zero-order chi connectivity index (χ0) is 11.7. The Hall–Kier alpha value is -2.11. The van der Waals surface area contributed by atoms with E-state index >= 15 is 0 Å². The third-order valence-corrected chi connectivity index (χ3v) is 2.11. The highest BCUT2D eigenvalue weighted by molar-refractivity contribution is 5.93. The smallest absolute Gasteiger partial charge is 0.354 e. The molecule has 6 nitrogen and oxygen atoms in total. The van der Waals surface area contributed by atoms with Crippen LogP contribution in [0.25, 0.3) is 11.0 Å². The molecule has 0 unspecified atom stereocenters. The van der Waals surface area contributed by atoms with Gasteiger partial charge in [-0.25, -0.2) is 9.78 Å². The zero-order valence-corrected chi connectivity index (χ0v) is 8.96. The Morgan fingerprint density at radius 2 is 2.25 bits per heavy atom. The minimum Gasteiger partial charge on any atom is -0.461 e. The van der Waals surface area contributed by atoms with E-state index in [0.29, 0.717) is 16.9 Å². The molecule has 84 valence electrons. The predicted octanol–water partition coefficient (Wildman–Crippen LogP) is 0.736. The Labute approximate surface area is 90.7 Å². The number of aromatic amines is 2. The van der Waals surface area contributed by atoms with Crippen molar-refractivity contribution in [1.82, 2.24) is 15.0 Å². The first-order valence-electron chi connectivity index (χ1n) is 4.88. The number of nitrogens with zero attached hydrogens (tertiary/aromatic N) is 1. The SMILES string of the molecule is CCOC(=O)c1cc2c(=O)[nH]c(C)nc2[nH]1. The van der Waals surface area contributed by atoms with Crippen LogP contribution in [-0.2, 0) is 4.74 Å². The lowest BCUT2D eigenvalue weighted by Crippen LogP contribution is -2.08. The van der Waals surface area contributed by atoms with E-state index in [1.165, 1.54) is 6.07 Å². The van der Waals surface area contributed by atoms with Gasteiger partial charge >= 0.3 is 5.97 Å². The summed E-state index contributed by atoms with van der Waals surface area (Å²) in [6.07, 6.45) is 0. The van der Waals surface area contributed by atoms with Gasteiger partial charge in [0, 0.05) is 0 Å². The van der Waals surface area contributed by atoms with E-state index in [4.69, 9.17) is 4.74 Å². The van der Waals surface area contributed by atoms with E-state index in [0.717, 1.165) is 0 Å². The number of carbonyl (C=O) groups is 1. The largest absolute Gasteiger partial charge is 0.461 e. The Bertz CT molecular complexity index is 597. The quantitative estimate of drug-likeness (QED) is 0.732. The first kappa shape index (κ1) is 10.4. The van der Waals surface area contributed by atoms with Crippen LogP contribution >= 0.6 is 0 Å². The van der Waals surface area contributed by atoms with Crippen molar-refractivity contribution in [2.45, 2.75) is 13.8 Å². The summed E-state index contributed by atoms with van der Waals surface area (Å²) in [6.45, 7) is 3.68. The Balaban J connectivity index is 2.56. The van der Waals surface area contributed by atoms with Gasteiger partial charge in [-0.15, -0.1) is 0 Å². The van der Waals surface area contributed by atoms with Crippen LogP contribution in [0.5, 0.6) is 0 Å². The van der Waals surface area contributed by atoms with Crippen molar-refractivity contribution >= 4 is 17.0 Å². The molecule has 0 saturated heterocycles. The molecule has 6 heteroatoms. The lowest BCUT2D eigenvalue weighted by atomic mass is 10.3. The highest BCUT2D eigenvalue weighted by Gasteiger charge is 2.12. The van der Waals surface area contributed by atoms with Gasteiger partial charge in [0.25, 0.3) is 5.56 Å². The number of aryl methyl sites for hydroxylation is 1. The van der Waals surface area contributed by atoms with E-state index in [1.807, 2.05) is 0 Å². The van der Waals surface area contributed by atoms with Gasteiger partial charge in [-0.1, -0.05) is 0 Å². The molecule has 0 saturated carbocycles. The molecular weight excluding hydrogens is 210 g/mol. The molecule has 0 amide bonds. The number of nitrogens with one attached hydrogen (secondary N) is 2. The van der Waals surface area contributed by atoms with Crippen LogP contribution in [0, 0.1) is 6.92 Å². The van der Waals surface area contributed by atoms with Crippen molar-refractivity contribution in [3.8, 4) is 0 Å². The van der Waals surface area contributed by atoms with Crippen molar-refractivity contribution in [2.24, 2.45) is 0 Å². The van der Waals surface area contributed by atoms with Gasteiger partial charge in [-0.3, -0.25) is 4.79 Å². The molecular formula is C10H11N3O3. The van der Waals surface area contributed by atoms with Gasteiger partial charge in [-0.05, 0) is 19.9 Å². The summed E-state index contributed by atoms with van der Waals surface area (Å²) in [5.41, 5.74) is 0.360. The molecule has 2 rings (SSSR count). The van der Waals surface area contributed by atoms with Gasteiger partial charge < -0.3 is 14.7 Å². The van der Waals surface area contributed by atoms with Crippen molar-refractivity contribution in [3.05, 3.63) is 27.9 Å². The molecule has 2 N–H and O–H groups in total. The molecule has 0 bridgehead atoms. The van der Waals surface area contributed by atoms with Crippen LogP contribution in [0.3, 0.4) is 0 Å². The first-order valence-corrected chi connectivity index (χ1v) is 4.88. The Morgan fingerprint density at radius 1 is 1.50 bits per heavy atom. The third-order valence-electron chi connectivity index (χ3n) is 2.11. The van der Waals surface area contributed by atoms with Gasteiger partial charge in [0.15, 0.2) is 0 Å². The summed E-state index contributed by atoms with van der Waals surface area (Å²) in [4.78, 5) is 32.3. The monoisotopic (exact) mass is 221 g/mol. The molecule has 0 aliphatic carbocycles. The number of H-pyrrole nitrogens is 2. The summed E-state index contributed by atoms with van der Waals surface area (Å²) in [5.74, 6) is 0.00677. The molecule has 0 spiro atoms. The van der Waals surface area contributed by atoms with Crippen LogP contribution in [0.1, 0.15) is 23.2 Å². The molecule has 2 aromatic heterocycles. The number of ether oxygens (including phenoxy) is 1. The van der Waals surface area contributed by atoms with Crippen LogP contribution in [0.4, 0.5) is 0 Å². The van der Waals surface area contributed by atoms with Crippen LogP contribution in [-0.4, -0.2) is 27.5 Å². The lowest BCUT2D eigenvalue weighted by molar-refractivity contribution is 0.0520. The normalized spacial score (nSPS) is 10.6. The fraction of sp³-hybridized carbons (Fsp3) is 0.300. The van der Waals surface area contributed by atoms with E-state index in [9.17, 15) is 9.59 Å². The average Bonchev–Trinajstić information content (AvgIpc) is 2.62. The number of aromatic nitrogens is 3. The van der Waals surface area contributed by atoms with Gasteiger partial charge in [-0.2, -0.15) is 0 Å². The van der Waals surface area contributed by atoms with Gasteiger partial charge in [0.1, 0.15) is 17.2 Å². The molecule has 0 atom stereocenters. The number of hydrogen-bond acceptors (Lipinski definition) is 4. The fourth-order valence-electron chi connectivity index (χ4n) is 1.45. The minimum absolute atomic E-state index is 0.237.